The SMILES string of the molecule is NC(=S)c1ncccc1S(=O)(=O)NCC1CCCOC1. The third-order valence-electron chi connectivity index (χ3n) is 3.11. The van der Waals surface area contributed by atoms with E-state index in [1.807, 2.05) is 0 Å². The van der Waals surface area contributed by atoms with Crippen LogP contribution in [0.3, 0.4) is 0 Å². The molecule has 1 fully saturated rings. The third-order valence-corrected chi connectivity index (χ3v) is 4.76. The topological polar surface area (TPSA) is 94.3 Å². The minimum Gasteiger partial charge on any atom is -0.388 e. The summed E-state index contributed by atoms with van der Waals surface area (Å²) < 4.78 is 32.5. The molecule has 3 N–H and O–H groups in total. The summed E-state index contributed by atoms with van der Waals surface area (Å²) in [6, 6.07) is 2.99. The first-order valence-electron chi connectivity index (χ1n) is 6.33. The average molecular weight is 315 g/mol. The molecule has 1 saturated heterocycles. The van der Waals surface area contributed by atoms with Crippen molar-refractivity contribution in [2.75, 3.05) is 19.8 Å². The zero-order valence-electron chi connectivity index (χ0n) is 10.9. The summed E-state index contributed by atoms with van der Waals surface area (Å²) in [7, 11) is -3.67. The van der Waals surface area contributed by atoms with Gasteiger partial charge in [-0.1, -0.05) is 12.2 Å². The molecular formula is C12H17N3O3S2. The second-order valence-corrected chi connectivity index (χ2v) is 6.82. The Hall–Kier alpha value is -1.09. The quantitative estimate of drug-likeness (QED) is 0.765. The van der Waals surface area contributed by atoms with Gasteiger partial charge in [0.2, 0.25) is 10.0 Å². The molecule has 0 aliphatic carbocycles. The Morgan fingerprint density at radius 1 is 1.60 bits per heavy atom. The van der Waals surface area contributed by atoms with Gasteiger partial charge in [0.15, 0.2) is 0 Å². The van der Waals surface area contributed by atoms with Crippen molar-refractivity contribution in [1.82, 2.24) is 9.71 Å². The van der Waals surface area contributed by atoms with Gasteiger partial charge in [0, 0.05) is 19.3 Å². The molecule has 1 aromatic heterocycles. The lowest BCUT2D eigenvalue weighted by Crippen LogP contribution is -2.34. The van der Waals surface area contributed by atoms with E-state index in [4.69, 9.17) is 22.7 Å². The van der Waals surface area contributed by atoms with Crippen LogP contribution in [0, 0.1) is 5.92 Å². The molecule has 0 bridgehead atoms. The Kier molecular flexibility index (Phi) is 5.03. The van der Waals surface area contributed by atoms with Gasteiger partial charge in [-0.25, -0.2) is 13.1 Å². The van der Waals surface area contributed by atoms with Crippen LogP contribution in [-0.4, -0.2) is 38.1 Å². The summed E-state index contributed by atoms with van der Waals surface area (Å²) in [5, 5.41) is 0. The van der Waals surface area contributed by atoms with Gasteiger partial charge >= 0.3 is 0 Å². The molecule has 20 heavy (non-hydrogen) atoms. The number of rotatable bonds is 5. The summed E-state index contributed by atoms with van der Waals surface area (Å²) in [5.74, 6) is 0.198. The molecule has 1 aromatic rings. The van der Waals surface area contributed by atoms with Crippen LogP contribution in [0.4, 0.5) is 0 Å². The first-order chi connectivity index (χ1) is 9.50. The van der Waals surface area contributed by atoms with Gasteiger partial charge in [0.1, 0.15) is 15.6 Å². The number of ether oxygens (including phenoxy) is 1. The molecule has 0 spiro atoms. The number of nitrogens with zero attached hydrogens (tertiary/aromatic N) is 1. The van der Waals surface area contributed by atoms with Gasteiger partial charge < -0.3 is 10.5 Å². The monoisotopic (exact) mass is 315 g/mol. The zero-order valence-corrected chi connectivity index (χ0v) is 12.5. The summed E-state index contributed by atoms with van der Waals surface area (Å²) in [6.07, 6.45) is 3.37. The van der Waals surface area contributed by atoms with Crippen LogP contribution in [0.25, 0.3) is 0 Å². The van der Waals surface area contributed by atoms with Gasteiger partial charge in [0.05, 0.1) is 6.61 Å². The highest BCUT2D eigenvalue weighted by Crippen LogP contribution is 2.16. The molecule has 1 atom stereocenters. The molecule has 0 radical (unpaired) electrons. The van der Waals surface area contributed by atoms with Crippen LogP contribution in [0.2, 0.25) is 0 Å². The molecule has 2 rings (SSSR count). The lowest BCUT2D eigenvalue weighted by Gasteiger charge is -2.22. The second-order valence-electron chi connectivity index (χ2n) is 4.65. The fourth-order valence-electron chi connectivity index (χ4n) is 2.07. The van der Waals surface area contributed by atoms with Crippen LogP contribution >= 0.6 is 12.2 Å². The Morgan fingerprint density at radius 2 is 2.40 bits per heavy atom. The summed E-state index contributed by atoms with van der Waals surface area (Å²) >= 11 is 4.83. The van der Waals surface area contributed by atoms with Gasteiger partial charge in [-0.2, -0.15) is 0 Å². The van der Waals surface area contributed by atoms with Crippen molar-refractivity contribution in [1.29, 1.82) is 0 Å². The largest absolute Gasteiger partial charge is 0.388 e. The molecular weight excluding hydrogens is 298 g/mol. The molecule has 2 heterocycles. The zero-order chi connectivity index (χ0) is 14.6. The van der Waals surface area contributed by atoms with E-state index in [2.05, 4.69) is 9.71 Å². The Bertz CT molecular complexity index is 583. The van der Waals surface area contributed by atoms with Crippen molar-refractivity contribution in [3.8, 4) is 0 Å². The van der Waals surface area contributed by atoms with Crippen LogP contribution in [0.1, 0.15) is 18.5 Å². The smallest absolute Gasteiger partial charge is 0.242 e. The van der Waals surface area contributed by atoms with Crippen molar-refractivity contribution in [3.63, 3.8) is 0 Å². The summed E-state index contributed by atoms with van der Waals surface area (Å²) in [6.45, 7) is 1.67. The highest BCUT2D eigenvalue weighted by molar-refractivity contribution is 7.89. The Morgan fingerprint density at radius 3 is 3.05 bits per heavy atom. The second kappa shape index (κ2) is 6.57. The van der Waals surface area contributed by atoms with Gasteiger partial charge in [-0.15, -0.1) is 0 Å². The minimum atomic E-state index is -3.67. The first kappa shape index (κ1) is 15.3. The van der Waals surface area contributed by atoms with Gasteiger partial charge in [-0.3, -0.25) is 4.98 Å². The average Bonchev–Trinajstić information content (AvgIpc) is 2.46. The normalized spacial score (nSPS) is 19.7. The molecule has 1 aliphatic rings. The third kappa shape index (κ3) is 3.72. The van der Waals surface area contributed by atoms with E-state index in [0.29, 0.717) is 13.2 Å². The standard InChI is InChI=1S/C12H17N3O3S2/c13-12(19)11-10(4-1-5-14-11)20(16,17)15-7-9-3-2-6-18-8-9/h1,4-5,9,15H,2-3,6-8H2,(H2,13,19). The number of nitrogens with two attached hydrogens (primary N) is 1. The maximum absolute atomic E-state index is 12.3. The van der Waals surface area contributed by atoms with Crippen molar-refractivity contribution < 1.29 is 13.2 Å². The molecule has 8 heteroatoms. The van der Waals surface area contributed by atoms with E-state index in [1.165, 1.54) is 12.3 Å². The molecule has 110 valence electrons. The first-order valence-corrected chi connectivity index (χ1v) is 8.22. The van der Waals surface area contributed by atoms with Crippen molar-refractivity contribution in [2.24, 2.45) is 11.7 Å². The fraction of sp³-hybridized carbons (Fsp3) is 0.500. The fourth-order valence-corrected chi connectivity index (χ4v) is 3.58. The number of nitrogens with one attached hydrogen (secondary N) is 1. The van der Waals surface area contributed by atoms with Gasteiger partial charge in [-0.05, 0) is 30.9 Å². The maximum Gasteiger partial charge on any atom is 0.242 e. The number of sulfonamides is 1. The Labute approximate surface area is 123 Å². The molecule has 0 amide bonds. The number of hydrogen-bond acceptors (Lipinski definition) is 5. The number of aromatic nitrogens is 1. The lowest BCUT2D eigenvalue weighted by molar-refractivity contribution is 0.0568. The summed E-state index contributed by atoms with van der Waals surface area (Å²) in [4.78, 5) is 3.91. The van der Waals surface area contributed by atoms with E-state index in [1.54, 1.807) is 6.07 Å². The molecule has 0 saturated carbocycles. The maximum atomic E-state index is 12.3. The predicted molar refractivity (Wildman–Crippen MR) is 78.9 cm³/mol. The van der Waals surface area contributed by atoms with E-state index >= 15 is 0 Å². The highest BCUT2D eigenvalue weighted by atomic mass is 32.2. The van der Waals surface area contributed by atoms with E-state index < -0.39 is 10.0 Å². The molecule has 1 aliphatic heterocycles. The molecule has 6 nitrogen and oxygen atoms in total. The highest BCUT2D eigenvalue weighted by Gasteiger charge is 2.22. The minimum absolute atomic E-state index is 0.0178. The predicted octanol–water partition coefficient (Wildman–Crippen LogP) is 0.421. The van der Waals surface area contributed by atoms with Crippen LogP contribution in [-0.2, 0) is 14.8 Å². The molecule has 0 aromatic carbocycles. The number of thiocarbonyl (C=S) groups is 1. The van der Waals surface area contributed by atoms with Crippen molar-refractivity contribution >= 4 is 27.2 Å². The van der Waals surface area contributed by atoms with Crippen LogP contribution < -0.4 is 10.5 Å². The van der Waals surface area contributed by atoms with E-state index in [9.17, 15) is 8.42 Å². The number of hydrogen-bond donors (Lipinski definition) is 2. The van der Waals surface area contributed by atoms with Crippen LogP contribution in [0.5, 0.6) is 0 Å². The van der Waals surface area contributed by atoms with Gasteiger partial charge in [0.25, 0.3) is 0 Å². The van der Waals surface area contributed by atoms with Crippen LogP contribution in [0.15, 0.2) is 23.2 Å². The van der Waals surface area contributed by atoms with Crippen molar-refractivity contribution in [2.45, 2.75) is 17.7 Å². The van der Waals surface area contributed by atoms with E-state index in [0.717, 1.165) is 19.4 Å². The lowest BCUT2D eigenvalue weighted by atomic mass is 10.0. The van der Waals surface area contributed by atoms with E-state index in [-0.39, 0.29) is 21.5 Å². The molecule has 1 unspecified atom stereocenters. The Balaban J connectivity index is 2.12. The number of pyridine rings is 1. The summed E-state index contributed by atoms with van der Waals surface area (Å²) in [5.41, 5.74) is 5.63. The van der Waals surface area contributed by atoms with Crippen molar-refractivity contribution in [3.05, 3.63) is 24.0 Å².